The molecule has 6 heteroatoms. The SMILES string of the molecule is Cc1cccc2c1-c1sc(C(=O)NCCCN3CCOCC3)cc1CO2. The lowest BCUT2D eigenvalue weighted by atomic mass is 10.0. The molecule has 1 aromatic heterocycles. The Bertz CT molecular complexity index is 796. The van der Waals surface area contributed by atoms with Crippen LogP contribution in [0.25, 0.3) is 10.4 Å². The molecule has 0 spiro atoms. The number of hydrogen-bond acceptors (Lipinski definition) is 5. The number of hydrogen-bond donors (Lipinski definition) is 1. The number of carbonyl (C=O) groups excluding carboxylic acids is 1. The molecule has 1 fully saturated rings. The molecule has 0 radical (unpaired) electrons. The fourth-order valence-corrected chi connectivity index (χ4v) is 4.68. The van der Waals surface area contributed by atoms with Crippen LogP contribution >= 0.6 is 11.3 Å². The van der Waals surface area contributed by atoms with E-state index in [0.717, 1.165) is 61.0 Å². The second kappa shape index (κ2) is 7.78. The first-order valence-electron chi connectivity index (χ1n) is 9.16. The van der Waals surface area contributed by atoms with Crippen molar-refractivity contribution in [1.29, 1.82) is 0 Å². The fraction of sp³-hybridized carbons (Fsp3) is 0.450. The second-order valence-electron chi connectivity index (χ2n) is 6.77. The molecule has 1 aromatic carbocycles. The van der Waals surface area contributed by atoms with Crippen LogP contribution in [0, 0.1) is 6.92 Å². The Morgan fingerprint density at radius 1 is 1.31 bits per heavy atom. The summed E-state index contributed by atoms with van der Waals surface area (Å²) in [5.74, 6) is 0.929. The molecule has 2 aromatic rings. The number of benzene rings is 1. The Morgan fingerprint density at radius 3 is 3.00 bits per heavy atom. The van der Waals surface area contributed by atoms with Gasteiger partial charge in [-0.25, -0.2) is 0 Å². The van der Waals surface area contributed by atoms with Gasteiger partial charge < -0.3 is 14.8 Å². The Kier molecular flexibility index (Phi) is 5.24. The lowest BCUT2D eigenvalue weighted by Gasteiger charge is -2.26. The first-order chi connectivity index (χ1) is 12.7. The van der Waals surface area contributed by atoms with Gasteiger partial charge in [0.2, 0.25) is 0 Å². The van der Waals surface area contributed by atoms with E-state index < -0.39 is 0 Å². The van der Waals surface area contributed by atoms with Gasteiger partial charge in [0.15, 0.2) is 0 Å². The zero-order chi connectivity index (χ0) is 17.9. The molecule has 4 rings (SSSR count). The highest BCUT2D eigenvalue weighted by molar-refractivity contribution is 7.17. The molecule has 1 N–H and O–H groups in total. The van der Waals surface area contributed by atoms with Crippen LogP contribution in [0.2, 0.25) is 0 Å². The summed E-state index contributed by atoms with van der Waals surface area (Å²) in [6.07, 6.45) is 0.960. The van der Waals surface area contributed by atoms with E-state index in [1.165, 1.54) is 10.4 Å². The third-order valence-electron chi connectivity index (χ3n) is 4.92. The number of nitrogens with zero attached hydrogens (tertiary/aromatic N) is 1. The van der Waals surface area contributed by atoms with Crippen molar-refractivity contribution >= 4 is 17.2 Å². The van der Waals surface area contributed by atoms with E-state index in [9.17, 15) is 4.79 Å². The highest BCUT2D eigenvalue weighted by Crippen LogP contribution is 2.44. The van der Waals surface area contributed by atoms with Crippen LogP contribution in [-0.4, -0.2) is 50.2 Å². The van der Waals surface area contributed by atoms with Gasteiger partial charge in [0.05, 0.1) is 18.1 Å². The van der Waals surface area contributed by atoms with E-state index in [0.29, 0.717) is 13.2 Å². The van der Waals surface area contributed by atoms with Gasteiger partial charge in [-0.3, -0.25) is 9.69 Å². The van der Waals surface area contributed by atoms with Crippen molar-refractivity contribution in [2.24, 2.45) is 0 Å². The molecule has 26 heavy (non-hydrogen) atoms. The summed E-state index contributed by atoms with van der Waals surface area (Å²) in [7, 11) is 0. The molecular weight excluding hydrogens is 348 g/mol. The van der Waals surface area contributed by atoms with Crippen LogP contribution in [0.4, 0.5) is 0 Å². The van der Waals surface area contributed by atoms with Gasteiger partial charge in [-0.1, -0.05) is 12.1 Å². The van der Waals surface area contributed by atoms with Crippen molar-refractivity contribution in [3.63, 3.8) is 0 Å². The molecule has 0 saturated carbocycles. The van der Waals surface area contributed by atoms with E-state index in [1.807, 2.05) is 18.2 Å². The normalized spacial score (nSPS) is 16.5. The van der Waals surface area contributed by atoms with E-state index in [-0.39, 0.29) is 5.91 Å². The van der Waals surface area contributed by atoms with Gasteiger partial charge in [0, 0.05) is 35.6 Å². The van der Waals surface area contributed by atoms with Gasteiger partial charge in [-0.2, -0.15) is 0 Å². The zero-order valence-electron chi connectivity index (χ0n) is 15.0. The predicted molar refractivity (Wildman–Crippen MR) is 103 cm³/mol. The number of fused-ring (bicyclic) bond motifs is 3. The van der Waals surface area contributed by atoms with E-state index >= 15 is 0 Å². The topological polar surface area (TPSA) is 50.8 Å². The van der Waals surface area contributed by atoms with Crippen LogP contribution in [-0.2, 0) is 11.3 Å². The van der Waals surface area contributed by atoms with Crippen LogP contribution in [0.1, 0.15) is 27.2 Å². The number of aryl methyl sites for hydroxylation is 1. The highest BCUT2D eigenvalue weighted by Gasteiger charge is 2.23. The summed E-state index contributed by atoms with van der Waals surface area (Å²) >= 11 is 1.57. The maximum atomic E-state index is 12.5. The highest BCUT2D eigenvalue weighted by atomic mass is 32.1. The maximum Gasteiger partial charge on any atom is 0.261 e. The lowest BCUT2D eigenvalue weighted by Crippen LogP contribution is -2.38. The summed E-state index contributed by atoms with van der Waals surface area (Å²) in [5.41, 5.74) is 3.42. The molecule has 0 atom stereocenters. The zero-order valence-corrected chi connectivity index (χ0v) is 15.9. The maximum absolute atomic E-state index is 12.5. The summed E-state index contributed by atoms with van der Waals surface area (Å²) in [6.45, 7) is 7.94. The average molecular weight is 372 g/mol. The molecule has 1 amide bonds. The number of ether oxygens (including phenoxy) is 2. The molecular formula is C20H24N2O3S. The number of nitrogens with one attached hydrogen (secondary N) is 1. The number of amides is 1. The second-order valence-corrected chi connectivity index (χ2v) is 7.82. The standard InChI is InChI=1S/C20H24N2O3S/c1-14-4-2-5-16-18(14)19-15(13-25-16)12-17(26-19)20(23)21-6-3-7-22-8-10-24-11-9-22/h2,4-5,12H,3,6-11,13H2,1H3,(H,21,23). The van der Waals surface area contributed by atoms with Crippen molar-refractivity contribution in [3.8, 4) is 16.2 Å². The first-order valence-corrected chi connectivity index (χ1v) is 9.98. The van der Waals surface area contributed by atoms with Crippen molar-refractivity contribution in [3.05, 3.63) is 40.3 Å². The molecule has 2 aliphatic rings. The largest absolute Gasteiger partial charge is 0.488 e. The van der Waals surface area contributed by atoms with Crippen molar-refractivity contribution in [2.45, 2.75) is 20.0 Å². The van der Waals surface area contributed by atoms with E-state index in [4.69, 9.17) is 9.47 Å². The lowest BCUT2D eigenvalue weighted by molar-refractivity contribution is 0.0374. The third kappa shape index (κ3) is 3.63. The summed E-state index contributed by atoms with van der Waals surface area (Å²) in [4.78, 5) is 16.9. The fourth-order valence-electron chi connectivity index (χ4n) is 3.48. The molecule has 3 heterocycles. The van der Waals surface area contributed by atoms with Crippen LogP contribution < -0.4 is 10.1 Å². The Hall–Kier alpha value is -1.89. The average Bonchev–Trinajstić information content (AvgIpc) is 3.10. The monoisotopic (exact) mass is 372 g/mol. The van der Waals surface area contributed by atoms with Crippen LogP contribution in [0.15, 0.2) is 24.3 Å². The molecule has 0 unspecified atom stereocenters. The van der Waals surface area contributed by atoms with E-state index in [2.05, 4.69) is 23.2 Å². The van der Waals surface area contributed by atoms with Crippen molar-refractivity contribution in [2.75, 3.05) is 39.4 Å². The number of rotatable bonds is 5. The molecule has 5 nitrogen and oxygen atoms in total. The summed E-state index contributed by atoms with van der Waals surface area (Å²) in [5, 5.41) is 3.06. The molecule has 2 aliphatic heterocycles. The summed E-state index contributed by atoms with van der Waals surface area (Å²) < 4.78 is 11.2. The van der Waals surface area contributed by atoms with Gasteiger partial charge >= 0.3 is 0 Å². The Morgan fingerprint density at radius 2 is 2.15 bits per heavy atom. The Labute approximate surface area is 157 Å². The van der Waals surface area contributed by atoms with Crippen LogP contribution in [0.5, 0.6) is 5.75 Å². The van der Waals surface area contributed by atoms with Gasteiger partial charge in [0.1, 0.15) is 12.4 Å². The minimum absolute atomic E-state index is 0.0153. The quantitative estimate of drug-likeness (QED) is 0.820. The van der Waals surface area contributed by atoms with Gasteiger partial charge in [-0.15, -0.1) is 11.3 Å². The number of morpholine rings is 1. The van der Waals surface area contributed by atoms with Gasteiger partial charge in [-0.05, 0) is 37.6 Å². The van der Waals surface area contributed by atoms with Crippen LogP contribution in [0.3, 0.4) is 0 Å². The minimum Gasteiger partial charge on any atom is -0.488 e. The summed E-state index contributed by atoms with van der Waals surface area (Å²) in [6, 6.07) is 8.07. The number of thiophene rings is 1. The first kappa shape index (κ1) is 17.5. The van der Waals surface area contributed by atoms with Gasteiger partial charge in [0.25, 0.3) is 5.91 Å². The molecule has 138 valence electrons. The molecule has 0 aliphatic carbocycles. The van der Waals surface area contributed by atoms with Crippen molar-refractivity contribution in [1.82, 2.24) is 10.2 Å². The number of carbonyl (C=O) groups is 1. The van der Waals surface area contributed by atoms with Crippen molar-refractivity contribution < 1.29 is 14.3 Å². The molecule has 1 saturated heterocycles. The van der Waals surface area contributed by atoms with E-state index in [1.54, 1.807) is 11.3 Å². The minimum atomic E-state index is 0.0153. The smallest absolute Gasteiger partial charge is 0.261 e. The third-order valence-corrected chi connectivity index (χ3v) is 6.11. The molecule has 0 bridgehead atoms. The Balaban J connectivity index is 1.37. The predicted octanol–water partition coefficient (Wildman–Crippen LogP) is 3.07.